The number of anilines is 1. The van der Waals surface area contributed by atoms with Gasteiger partial charge >= 0.3 is 0 Å². The Labute approximate surface area is 98.7 Å². The molecular weight excluding hydrogens is 196 g/mol. The summed E-state index contributed by atoms with van der Waals surface area (Å²) in [6, 6.07) is 8.76. The third-order valence-corrected chi connectivity index (χ3v) is 3.38. The van der Waals surface area contributed by atoms with Crippen LogP contribution in [0.3, 0.4) is 0 Å². The molecule has 0 bridgehead atoms. The van der Waals surface area contributed by atoms with Crippen LogP contribution in [-0.4, -0.2) is 27.2 Å². The van der Waals surface area contributed by atoms with Gasteiger partial charge in [0.15, 0.2) is 0 Å². The van der Waals surface area contributed by atoms with Crippen LogP contribution in [0, 0.1) is 5.92 Å². The van der Waals surface area contributed by atoms with Crippen molar-refractivity contribution in [3.8, 4) is 0 Å². The quantitative estimate of drug-likeness (QED) is 0.837. The maximum absolute atomic E-state index is 3.49. The lowest BCUT2D eigenvalue weighted by atomic mass is 9.91. The van der Waals surface area contributed by atoms with Crippen LogP contribution in [0.1, 0.15) is 18.4 Å². The first-order chi connectivity index (χ1) is 7.77. The van der Waals surface area contributed by atoms with Gasteiger partial charge in [-0.25, -0.2) is 0 Å². The molecule has 0 saturated carbocycles. The van der Waals surface area contributed by atoms with Crippen molar-refractivity contribution in [3.05, 3.63) is 29.8 Å². The lowest BCUT2D eigenvalue weighted by Gasteiger charge is -2.25. The minimum absolute atomic E-state index is 0.815. The zero-order chi connectivity index (χ0) is 11.4. The van der Waals surface area contributed by atoms with Crippen molar-refractivity contribution >= 4 is 5.69 Å². The highest BCUT2D eigenvalue weighted by Crippen LogP contribution is 2.23. The Hall–Kier alpha value is -1.02. The number of piperidine rings is 1. The number of nitrogens with zero attached hydrogens (tertiary/aromatic N) is 1. The zero-order valence-electron chi connectivity index (χ0n) is 10.4. The summed E-state index contributed by atoms with van der Waals surface area (Å²) < 4.78 is 0. The van der Waals surface area contributed by atoms with Crippen LogP contribution in [0.15, 0.2) is 24.3 Å². The number of rotatable bonds is 3. The number of hydrogen-bond donors (Lipinski definition) is 1. The SMILES string of the molecule is CN(C)c1ccccc1CC1CCCNC1. The van der Waals surface area contributed by atoms with Crippen molar-refractivity contribution in [2.75, 3.05) is 32.1 Å². The van der Waals surface area contributed by atoms with Gasteiger partial charge in [0.25, 0.3) is 0 Å². The second-order valence-corrected chi connectivity index (χ2v) is 4.94. The Morgan fingerprint density at radius 3 is 2.81 bits per heavy atom. The summed E-state index contributed by atoms with van der Waals surface area (Å²) in [5.74, 6) is 0.815. The minimum atomic E-state index is 0.815. The molecule has 2 heteroatoms. The van der Waals surface area contributed by atoms with Crippen LogP contribution >= 0.6 is 0 Å². The minimum Gasteiger partial charge on any atom is -0.377 e. The van der Waals surface area contributed by atoms with Gasteiger partial charge in [-0.3, -0.25) is 0 Å². The maximum atomic E-state index is 3.49. The third kappa shape index (κ3) is 2.76. The molecule has 1 heterocycles. The van der Waals surface area contributed by atoms with Crippen molar-refractivity contribution < 1.29 is 0 Å². The fourth-order valence-electron chi connectivity index (χ4n) is 2.53. The van der Waals surface area contributed by atoms with E-state index in [-0.39, 0.29) is 0 Å². The maximum Gasteiger partial charge on any atom is 0.0393 e. The highest BCUT2D eigenvalue weighted by atomic mass is 15.1. The van der Waals surface area contributed by atoms with E-state index in [0.717, 1.165) is 5.92 Å². The summed E-state index contributed by atoms with van der Waals surface area (Å²) in [6.07, 6.45) is 3.91. The van der Waals surface area contributed by atoms with E-state index < -0.39 is 0 Å². The normalized spacial score (nSPS) is 20.8. The van der Waals surface area contributed by atoms with E-state index in [1.165, 1.54) is 43.6 Å². The van der Waals surface area contributed by atoms with Crippen LogP contribution in [0.2, 0.25) is 0 Å². The average molecular weight is 218 g/mol. The summed E-state index contributed by atoms with van der Waals surface area (Å²) in [4.78, 5) is 2.21. The van der Waals surface area contributed by atoms with Gasteiger partial charge in [-0.15, -0.1) is 0 Å². The Kier molecular flexibility index (Phi) is 3.83. The van der Waals surface area contributed by atoms with Crippen molar-refractivity contribution in [3.63, 3.8) is 0 Å². The zero-order valence-corrected chi connectivity index (χ0v) is 10.4. The standard InChI is InChI=1S/C14H22N2/c1-16(2)14-8-4-3-7-13(14)10-12-6-5-9-15-11-12/h3-4,7-8,12,15H,5-6,9-11H2,1-2H3. The van der Waals surface area contributed by atoms with Gasteiger partial charge in [-0.2, -0.15) is 0 Å². The first-order valence-electron chi connectivity index (χ1n) is 6.23. The predicted octanol–water partition coefficient (Wildman–Crippen LogP) is 2.29. The Morgan fingerprint density at radius 2 is 2.12 bits per heavy atom. The van der Waals surface area contributed by atoms with E-state index in [0.29, 0.717) is 0 Å². The second kappa shape index (κ2) is 5.35. The molecule has 1 N–H and O–H groups in total. The molecule has 1 aromatic carbocycles. The topological polar surface area (TPSA) is 15.3 Å². The number of para-hydroxylation sites is 1. The van der Waals surface area contributed by atoms with Gasteiger partial charge in [0, 0.05) is 19.8 Å². The first kappa shape index (κ1) is 11.5. The molecule has 1 fully saturated rings. The molecule has 1 aliphatic rings. The van der Waals surface area contributed by atoms with Gasteiger partial charge in [0.05, 0.1) is 0 Å². The molecule has 0 aliphatic carbocycles. The molecule has 0 aromatic heterocycles. The van der Waals surface area contributed by atoms with Gasteiger partial charge in [-0.05, 0) is 49.9 Å². The molecule has 0 amide bonds. The number of nitrogens with one attached hydrogen (secondary N) is 1. The number of benzene rings is 1. The molecule has 1 aromatic rings. The third-order valence-electron chi connectivity index (χ3n) is 3.38. The molecule has 0 radical (unpaired) electrons. The summed E-state index contributed by atoms with van der Waals surface area (Å²) in [6.45, 7) is 2.38. The van der Waals surface area contributed by atoms with Crippen molar-refractivity contribution in [2.24, 2.45) is 5.92 Å². The molecule has 2 rings (SSSR count). The molecule has 1 aliphatic heterocycles. The first-order valence-corrected chi connectivity index (χ1v) is 6.23. The molecule has 1 unspecified atom stereocenters. The summed E-state index contributed by atoms with van der Waals surface area (Å²) in [7, 11) is 4.25. The van der Waals surface area contributed by atoms with Gasteiger partial charge < -0.3 is 10.2 Å². The van der Waals surface area contributed by atoms with Crippen LogP contribution in [-0.2, 0) is 6.42 Å². The van der Waals surface area contributed by atoms with Gasteiger partial charge in [-0.1, -0.05) is 18.2 Å². The molecule has 88 valence electrons. The summed E-state index contributed by atoms with van der Waals surface area (Å²) >= 11 is 0. The monoisotopic (exact) mass is 218 g/mol. The van der Waals surface area contributed by atoms with Crippen molar-refractivity contribution in [1.82, 2.24) is 5.32 Å². The van der Waals surface area contributed by atoms with Gasteiger partial charge in [0.1, 0.15) is 0 Å². The van der Waals surface area contributed by atoms with Crippen molar-refractivity contribution in [1.29, 1.82) is 0 Å². The fraction of sp³-hybridized carbons (Fsp3) is 0.571. The smallest absolute Gasteiger partial charge is 0.0393 e. The molecule has 16 heavy (non-hydrogen) atoms. The van der Waals surface area contributed by atoms with E-state index in [4.69, 9.17) is 0 Å². The fourth-order valence-corrected chi connectivity index (χ4v) is 2.53. The molecule has 0 spiro atoms. The van der Waals surface area contributed by atoms with Crippen LogP contribution < -0.4 is 10.2 Å². The second-order valence-electron chi connectivity index (χ2n) is 4.94. The van der Waals surface area contributed by atoms with E-state index >= 15 is 0 Å². The molecule has 1 saturated heterocycles. The lowest BCUT2D eigenvalue weighted by Crippen LogP contribution is -2.31. The van der Waals surface area contributed by atoms with E-state index in [1.54, 1.807) is 0 Å². The summed E-state index contributed by atoms with van der Waals surface area (Å²) in [5.41, 5.74) is 2.86. The Balaban J connectivity index is 2.07. The predicted molar refractivity (Wildman–Crippen MR) is 70.1 cm³/mol. The van der Waals surface area contributed by atoms with Crippen LogP contribution in [0.5, 0.6) is 0 Å². The van der Waals surface area contributed by atoms with Gasteiger partial charge in [0.2, 0.25) is 0 Å². The Bertz CT molecular complexity index is 327. The lowest BCUT2D eigenvalue weighted by molar-refractivity contribution is 0.376. The van der Waals surface area contributed by atoms with Crippen LogP contribution in [0.25, 0.3) is 0 Å². The summed E-state index contributed by atoms with van der Waals surface area (Å²) in [5, 5.41) is 3.49. The van der Waals surface area contributed by atoms with Crippen LogP contribution in [0.4, 0.5) is 5.69 Å². The largest absolute Gasteiger partial charge is 0.377 e. The van der Waals surface area contributed by atoms with E-state index in [9.17, 15) is 0 Å². The highest BCUT2D eigenvalue weighted by Gasteiger charge is 2.15. The van der Waals surface area contributed by atoms with E-state index in [1.807, 2.05) is 0 Å². The van der Waals surface area contributed by atoms with E-state index in [2.05, 4.69) is 48.6 Å². The number of hydrogen-bond acceptors (Lipinski definition) is 2. The molecule has 1 atom stereocenters. The molecule has 2 nitrogen and oxygen atoms in total. The molecular formula is C14H22N2. The average Bonchev–Trinajstić information content (AvgIpc) is 2.31. The Morgan fingerprint density at radius 1 is 1.31 bits per heavy atom. The highest BCUT2D eigenvalue weighted by molar-refractivity contribution is 5.52. The van der Waals surface area contributed by atoms with Crippen molar-refractivity contribution in [2.45, 2.75) is 19.3 Å².